The number of aryl methyl sites for hydroxylation is 1. The number of benzene rings is 2. The van der Waals surface area contributed by atoms with Gasteiger partial charge in [0.1, 0.15) is 11.5 Å². The van der Waals surface area contributed by atoms with Gasteiger partial charge in [0.05, 0.1) is 17.5 Å². The summed E-state index contributed by atoms with van der Waals surface area (Å²) in [6.07, 6.45) is 0.683. The van der Waals surface area contributed by atoms with Gasteiger partial charge in [-0.15, -0.1) is 0 Å². The zero-order chi connectivity index (χ0) is 24.0. The fourth-order valence-corrected chi connectivity index (χ4v) is 4.86. The predicted octanol–water partition coefficient (Wildman–Crippen LogP) is 4.60. The van der Waals surface area contributed by atoms with Crippen LogP contribution in [0, 0.1) is 6.92 Å². The minimum absolute atomic E-state index is 0.00316. The van der Waals surface area contributed by atoms with Gasteiger partial charge in [-0.2, -0.15) is 0 Å². The Hall–Kier alpha value is -3.71. The number of phenolic OH excluding ortho intramolecular Hbond substituents is 1. The van der Waals surface area contributed by atoms with Gasteiger partial charge in [0.2, 0.25) is 17.1 Å². The molecule has 1 atom stereocenters. The number of aromatic nitrogens is 1. The third-order valence-electron chi connectivity index (χ3n) is 6.38. The normalized spacial score (nSPS) is 14.2. The molecule has 0 saturated heterocycles. The number of hydrogen-bond acceptors (Lipinski definition) is 5. The number of nitrogens with zero attached hydrogens (tertiary/aromatic N) is 1. The van der Waals surface area contributed by atoms with E-state index in [0.29, 0.717) is 24.4 Å². The predicted molar refractivity (Wildman–Crippen MR) is 128 cm³/mol. The van der Waals surface area contributed by atoms with Crippen LogP contribution in [0.3, 0.4) is 0 Å². The number of phenols is 1. The average Bonchev–Trinajstić information content (AvgIpc) is 3.19. The highest BCUT2D eigenvalue weighted by molar-refractivity contribution is 6.32. The standard InChI is InChI=1S/C26H23ClN2O5/c1-14-10-23(31)25(33)26(34-14)18(15-6-7-22(30)19(27)11-15)12-24(32)29-9-8-17-16-4-2-3-5-20(16)28-21(17)13-29/h2-7,10-11,18,28,30,33H,8-9,12-13H2,1H3/t18-/m0/s1. The number of hydrogen-bond donors (Lipinski definition) is 3. The van der Waals surface area contributed by atoms with E-state index in [-0.39, 0.29) is 28.9 Å². The van der Waals surface area contributed by atoms with Crippen LogP contribution in [0.4, 0.5) is 0 Å². The molecule has 4 aromatic rings. The molecule has 0 radical (unpaired) electrons. The number of amides is 1. The minimum atomic E-state index is -0.762. The third-order valence-corrected chi connectivity index (χ3v) is 6.68. The summed E-state index contributed by atoms with van der Waals surface area (Å²) in [5.41, 5.74) is 3.24. The molecule has 174 valence electrons. The van der Waals surface area contributed by atoms with Crippen LogP contribution in [-0.2, 0) is 17.8 Å². The molecular formula is C26H23ClN2O5. The molecule has 0 spiro atoms. The molecule has 8 heteroatoms. The van der Waals surface area contributed by atoms with Crippen molar-refractivity contribution in [3.63, 3.8) is 0 Å². The Morgan fingerprint density at radius 3 is 2.79 bits per heavy atom. The molecule has 34 heavy (non-hydrogen) atoms. The van der Waals surface area contributed by atoms with Crippen molar-refractivity contribution in [2.75, 3.05) is 6.54 Å². The Morgan fingerprint density at radius 1 is 1.21 bits per heavy atom. The van der Waals surface area contributed by atoms with Crippen LogP contribution in [-0.4, -0.2) is 32.5 Å². The topological polar surface area (TPSA) is 107 Å². The first-order valence-electron chi connectivity index (χ1n) is 11.0. The lowest BCUT2D eigenvalue weighted by Gasteiger charge is -2.29. The second-order valence-electron chi connectivity index (χ2n) is 8.59. The second kappa shape index (κ2) is 8.57. The van der Waals surface area contributed by atoms with Crippen LogP contribution in [0.2, 0.25) is 5.02 Å². The van der Waals surface area contributed by atoms with Crippen molar-refractivity contribution in [1.82, 2.24) is 9.88 Å². The first kappa shape index (κ1) is 22.1. The number of carbonyl (C=O) groups is 1. The number of para-hydroxylation sites is 1. The molecule has 2 aromatic carbocycles. The van der Waals surface area contributed by atoms with E-state index >= 15 is 0 Å². The van der Waals surface area contributed by atoms with Crippen molar-refractivity contribution in [2.24, 2.45) is 0 Å². The molecule has 5 rings (SSSR count). The molecule has 1 amide bonds. The summed E-state index contributed by atoms with van der Waals surface area (Å²) < 4.78 is 5.73. The largest absolute Gasteiger partial charge is 0.506 e. The quantitative estimate of drug-likeness (QED) is 0.397. The highest BCUT2D eigenvalue weighted by Gasteiger charge is 2.30. The monoisotopic (exact) mass is 478 g/mol. The van der Waals surface area contributed by atoms with Crippen LogP contribution in [0.15, 0.2) is 57.7 Å². The van der Waals surface area contributed by atoms with Crippen molar-refractivity contribution in [3.8, 4) is 11.5 Å². The van der Waals surface area contributed by atoms with E-state index in [1.54, 1.807) is 17.9 Å². The van der Waals surface area contributed by atoms with Crippen LogP contribution < -0.4 is 5.43 Å². The number of halogens is 1. The van der Waals surface area contributed by atoms with E-state index in [1.165, 1.54) is 29.1 Å². The van der Waals surface area contributed by atoms with E-state index in [4.69, 9.17) is 16.0 Å². The Morgan fingerprint density at radius 2 is 2.00 bits per heavy atom. The van der Waals surface area contributed by atoms with E-state index < -0.39 is 17.1 Å². The van der Waals surface area contributed by atoms with Gasteiger partial charge in [-0.1, -0.05) is 35.9 Å². The van der Waals surface area contributed by atoms with Gasteiger partial charge < -0.3 is 24.5 Å². The second-order valence-corrected chi connectivity index (χ2v) is 9.00. The molecule has 0 fully saturated rings. The lowest BCUT2D eigenvalue weighted by Crippen LogP contribution is -2.36. The van der Waals surface area contributed by atoms with Crippen LogP contribution in [0.5, 0.6) is 11.5 Å². The van der Waals surface area contributed by atoms with Crippen molar-refractivity contribution < 1.29 is 19.4 Å². The molecule has 0 bridgehead atoms. The lowest BCUT2D eigenvalue weighted by molar-refractivity contribution is -0.132. The molecule has 1 aliphatic rings. The van der Waals surface area contributed by atoms with Gasteiger partial charge in [-0.25, -0.2) is 0 Å². The summed E-state index contributed by atoms with van der Waals surface area (Å²) >= 11 is 6.12. The summed E-state index contributed by atoms with van der Waals surface area (Å²) in [5.74, 6) is -1.23. The van der Waals surface area contributed by atoms with Gasteiger partial charge in [0.15, 0.2) is 5.76 Å². The summed E-state index contributed by atoms with van der Waals surface area (Å²) in [6, 6.07) is 13.8. The van der Waals surface area contributed by atoms with Gasteiger partial charge in [0.25, 0.3) is 0 Å². The molecule has 2 aromatic heterocycles. The Labute approximate surface area is 200 Å². The fourth-order valence-electron chi connectivity index (χ4n) is 4.67. The van der Waals surface area contributed by atoms with Gasteiger partial charge in [-0.3, -0.25) is 9.59 Å². The zero-order valence-corrected chi connectivity index (χ0v) is 19.2. The number of carbonyl (C=O) groups excluding carboxylic acids is 1. The van der Waals surface area contributed by atoms with Gasteiger partial charge in [0, 0.05) is 35.6 Å². The zero-order valence-electron chi connectivity index (χ0n) is 18.5. The highest BCUT2D eigenvalue weighted by atomic mass is 35.5. The maximum Gasteiger partial charge on any atom is 0.227 e. The molecule has 0 saturated carbocycles. The number of fused-ring (bicyclic) bond motifs is 3. The first-order valence-corrected chi connectivity index (χ1v) is 11.4. The van der Waals surface area contributed by atoms with Crippen molar-refractivity contribution >= 4 is 28.4 Å². The maximum absolute atomic E-state index is 13.4. The molecule has 7 nitrogen and oxygen atoms in total. The van der Waals surface area contributed by atoms with E-state index in [0.717, 1.165) is 17.6 Å². The van der Waals surface area contributed by atoms with Crippen molar-refractivity contribution in [3.05, 3.63) is 92.1 Å². The first-order chi connectivity index (χ1) is 16.3. The Kier molecular flexibility index (Phi) is 5.57. The molecular weight excluding hydrogens is 456 g/mol. The Balaban J connectivity index is 1.48. The van der Waals surface area contributed by atoms with E-state index in [2.05, 4.69) is 11.1 Å². The molecule has 3 N–H and O–H groups in total. The molecule has 0 unspecified atom stereocenters. The van der Waals surface area contributed by atoms with Crippen LogP contribution >= 0.6 is 11.6 Å². The van der Waals surface area contributed by atoms with Crippen LogP contribution in [0.25, 0.3) is 10.9 Å². The number of nitrogens with one attached hydrogen (secondary N) is 1. The summed E-state index contributed by atoms with van der Waals surface area (Å²) in [4.78, 5) is 30.9. The van der Waals surface area contributed by atoms with E-state index in [9.17, 15) is 19.8 Å². The smallest absolute Gasteiger partial charge is 0.227 e. The van der Waals surface area contributed by atoms with Crippen molar-refractivity contribution in [2.45, 2.75) is 32.2 Å². The Bertz CT molecular complexity index is 1470. The van der Waals surface area contributed by atoms with Gasteiger partial charge >= 0.3 is 0 Å². The van der Waals surface area contributed by atoms with Crippen LogP contribution in [0.1, 0.15) is 40.7 Å². The van der Waals surface area contributed by atoms with E-state index in [1.807, 2.05) is 18.2 Å². The number of rotatable bonds is 4. The maximum atomic E-state index is 13.4. The molecule has 3 heterocycles. The molecule has 1 aliphatic heterocycles. The average molecular weight is 479 g/mol. The number of aromatic hydroxyl groups is 2. The summed E-state index contributed by atoms with van der Waals surface area (Å²) in [7, 11) is 0. The fraction of sp³-hybridized carbons (Fsp3) is 0.231. The lowest BCUT2D eigenvalue weighted by atomic mass is 9.91. The van der Waals surface area contributed by atoms with Gasteiger partial charge in [-0.05, 0) is 42.7 Å². The number of H-pyrrole nitrogens is 1. The number of aromatic amines is 1. The van der Waals surface area contributed by atoms with Crippen molar-refractivity contribution in [1.29, 1.82) is 0 Å². The minimum Gasteiger partial charge on any atom is -0.506 e. The summed E-state index contributed by atoms with van der Waals surface area (Å²) in [5, 5.41) is 21.6. The third kappa shape index (κ3) is 3.92. The SMILES string of the molecule is Cc1cc(=O)c(O)c([C@@H](CC(=O)N2CCc3c([nH]c4ccccc34)C2)c2ccc(O)c(Cl)c2)o1. The summed E-state index contributed by atoms with van der Waals surface area (Å²) in [6.45, 7) is 2.60. The highest BCUT2D eigenvalue weighted by Crippen LogP contribution is 2.37. The molecule has 0 aliphatic carbocycles.